The van der Waals surface area contributed by atoms with E-state index in [2.05, 4.69) is 20.6 Å². The summed E-state index contributed by atoms with van der Waals surface area (Å²) >= 11 is 0. The molecular formula is C21H25N5O3. The molecule has 1 atom stereocenters. The van der Waals surface area contributed by atoms with Crippen molar-refractivity contribution >= 4 is 5.91 Å². The van der Waals surface area contributed by atoms with Crippen LogP contribution < -0.4 is 14.8 Å². The number of rotatable bonds is 5. The third-order valence-corrected chi connectivity index (χ3v) is 5.62. The Balaban J connectivity index is 1.56. The summed E-state index contributed by atoms with van der Waals surface area (Å²) in [5.41, 5.74) is 6.22. The molecule has 0 aliphatic heterocycles. The Hall–Kier alpha value is -3.29. The van der Waals surface area contributed by atoms with Crippen LogP contribution in [0, 0.1) is 13.8 Å². The van der Waals surface area contributed by atoms with Gasteiger partial charge in [-0.25, -0.2) is 0 Å². The summed E-state index contributed by atoms with van der Waals surface area (Å²) in [6.45, 7) is 3.93. The summed E-state index contributed by atoms with van der Waals surface area (Å²) in [4.78, 5) is 12.8. The number of benzene rings is 1. The minimum Gasteiger partial charge on any atom is -0.493 e. The van der Waals surface area contributed by atoms with Gasteiger partial charge in [0.25, 0.3) is 5.91 Å². The van der Waals surface area contributed by atoms with Crippen molar-refractivity contribution in [1.29, 1.82) is 0 Å². The van der Waals surface area contributed by atoms with Crippen LogP contribution in [0.25, 0.3) is 11.3 Å². The third kappa shape index (κ3) is 3.24. The van der Waals surface area contributed by atoms with Gasteiger partial charge in [0.05, 0.1) is 31.6 Å². The van der Waals surface area contributed by atoms with E-state index < -0.39 is 0 Å². The number of hydrogen-bond acceptors (Lipinski definition) is 5. The molecule has 0 saturated carbocycles. The lowest BCUT2D eigenvalue weighted by Crippen LogP contribution is -2.27. The summed E-state index contributed by atoms with van der Waals surface area (Å²) in [7, 11) is 5.13. The van der Waals surface area contributed by atoms with Crippen molar-refractivity contribution in [2.45, 2.75) is 32.7 Å². The van der Waals surface area contributed by atoms with E-state index in [4.69, 9.17) is 9.47 Å². The first kappa shape index (κ1) is 19.0. The second-order valence-electron chi connectivity index (χ2n) is 7.31. The molecule has 3 aromatic rings. The van der Waals surface area contributed by atoms with E-state index in [1.54, 1.807) is 20.3 Å². The number of fused-ring (bicyclic) bond motifs is 1. The number of carbonyl (C=O) groups excluding carboxylic acids is 1. The molecule has 8 nitrogen and oxygen atoms in total. The van der Waals surface area contributed by atoms with Crippen LogP contribution in [0.15, 0.2) is 18.2 Å². The quantitative estimate of drug-likeness (QED) is 0.693. The van der Waals surface area contributed by atoms with Gasteiger partial charge < -0.3 is 14.8 Å². The van der Waals surface area contributed by atoms with E-state index in [1.807, 2.05) is 37.7 Å². The lowest BCUT2D eigenvalue weighted by atomic mass is 10.1. The van der Waals surface area contributed by atoms with Crippen LogP contribution in [0.3, 0.4) is 0 Å². The van der Waals surface area contributed by atoms with Gasteiger partial charge >= 0.3 is 0 Å². The van der Waals surface area contributed by atoms with Gasteiger partial charge in [-0.3, -0.25) is 14.6 Å². The maximum Gasteiger partial charge on any atom is 0.269 e. The molecule has 0 saturated heterocycles. The minimum absolute atomic E-state index is 0.0779. The van der Waals surface area contributed by atoms with Crippen LogP contribution in [0.5, 0.6) is 11.5 Å². The van der Waals surface area contributed by atoms with Crippen molar-refractivity contribution in [1.82, 2.24) is 25.3 Å². The van der Waals surface area contributed by atoms with Gasteiger partial charge in [-0.05, 0) is 56.0 Å². The molecule has 0 spiro atoms. The van der Waals surface area contributed by atoms with Crippen LogP contribution in [0.2, 0.25) is 0 Å². The number of methoxy groups -OCH3 is 2. The number of nitrogens with one attached hydrogen (secondary N) is 2. The largest absolute Gasteiger partial charge is 0.493 e. The maximum atomic E-state index is 12.8. The molecule has 1 amide bonds. The Morgan fingerprint density at radius 3 is 2.59 bits per heavy atom. The highest BCUT2D eigenvalue weighted by molar-refractivity contribution is 5.93. The summed E-state index contributed by atoms with van der Waals surface area (Å²) in [5.74, 6) is 1.19. The van der Waals surface area contributed by atoms with E-state index in [9.17, 15) is 4.79 Å². The second kappa shape index (κ2) is 7.27. The lowest BCUT2D eigenvalue weighted by molar-refractivity contribution is 0.0931. The highest BCUT2D eigenvalue weighted by Crippen LogP contribution is 2.39. The summed E-state index contributed by atoms with van der Waals surface area (Å²) in [6.07, 6.45) is 1.71. The molecule has 2 heterocycles. The number of aromatic amines is 1. The molecule has 1 aromatic carbocycles. The first-order valence-electron chi connectivity index (χ1n) is 9.54. The van der Waals surface area contributed by atoms with Crippen molar-refractivity contribution in [3.63, 3.8) is 0 Å². The Morgan fingerprint density at radius 1 is 1.21 bits per heavy atom. The Bertz CT molecular complexity index is 1080. The number of amides is 1. The predicted molar refractivity (Wildman–Crippen MR) is 108 cm³/mol. The van der Waals surface area contributed by atoms with E-state index >= 15 is 0 Å². The lowest BCUT2D eigenvalue weighted by Gasteiger charge is -2.15. The molecular weight excluding hydrogens is 370 g/mol. The molecule has 1 aliphatic rings. The smallest absolute Gasteiger partial charge is 0.269 e. The molecule has 8 heteroatoms. The average molecular weight is 395 g/mol. The standard InChI is InChI=1S/C21H25N5O3/c1-11-20(12(2)26(3)25-11)16-10-17(24-23-16)21(27)22-15-7-6-13-8-18(28-4)19(29-5)9-14(13)15/h8-10,15H,6-7H2,1-5H3,(H,22,27)(H,23,24)/t15-/m1/s1. The first-order chi connectivity index (χ1) is 13.9. The molecule has 0 bridgehead atoms. The number of nitrogens with zero attached hydrogens (tertiary/aromatic N) is 3. The van der Waals surface area contributed by atoms with Gasteiger partial charge in [-0.1, -0.05) is 0 Å². The van der Waals surface area contributed by atoms with Crippen molar-refractivity contribution < 1.29 is 14.3 Å². The number of carbonyl (C=O) groups is 1. The SMILES string of the molecule is COc1cc2c(cc1OC)[C@H](NC(=O)c1cc(-c3c(C)nn(C)c3C)n[nH]1)CC2. The van der Waals surface area contributed by atoms with Gasteiger partial charge in [0.2, 0.25) is 0 Å². The molecule has 1 aliphatic carbocycles. The minimum atomic E-state index is -0.185. The fourth-order valence-corrected chi connectivity index (χ4v) is 4.03. The average Bonchev–Trinajstić information content (AvgIpc) is 3.39. The zero-order chi connectivity index (χ0) is 20.7. The van der Waals surface area contributed by atoms with E-state index in [0.29, 0.717) is 17.2 Å². The summed E-state index contributed by atoms with van der Waals surface area (Å²) in [6, 6.07) is 5.64. The van der Waals surface area contributed by atoms with Gasteiger partial charge in [-0.2, -0.15) is 10.2 Å². The van der Waals surface area contributed by atoms with Crippen LogP contribution in [0.4, 0.5) is 0 Å². The number of H-pyrrole nitrogens is 1. The molecule has 2 N–H and O–H groups in total. The highest BCUT2D eigenvalue weighted by Gasteiger charge is 2.27. The number of ether oxygens (including phenoxy) is 2. The molecule has 0 fully saturated rings. The maximum absolute atomic E-state index is 12.8. The van der Waals surface area contributed by atoms with E-state index in [-0.39, 0.29) is 11.9 Å². The normalized spacial score (nSPS) is 15.3. The molecule has 2 aromatic heterocycles. The van der Waals surface area contributed by atoms with Crippen LogP contribution in [0.1, 0.15) is 45.5 Å². The second-order valence-corrected chi connectivity index (χ2v) is 7.31. The van der Waals surface area contributed by atoms with Crippen molar-refractivity contribution in [3.8, 4) is 22.8 Å². The van der Waals surface area contributed by atoms with E-state index in [0.717, 1.165) is 41.1 Å². The zero-order valence-electron chi connectivity index (χ0n) is 17.3. The van der Waals surface area contributed by atoms with Crippen LogP contribution in [-0.2, 0) is 13.5 Å². The van der Waals surface area contributed by atoms with Gasteiger partial charge in [-0.15, -0.1) is 0 Å². The number of aryl methyl sites for hydroxylation is 3. The summed E-state index contributed by atoms with van der Waals surface area (Å²) in [5, 5.41) is 14.7. The Morgan fingerprint density at radius 2 is 1.93 bits per heavy atom. The predicted octanol–water partition coefficient (Wildman–Crippen LogP) is 2.86. The van der Waals surface area contributed by atoms with Crippen molar-refractivity contribution in [2.75, 3.05) is 14.2 Å². The molecule has 0 radical (unpaired) electrons. The van der Waals surface area contributed by atoms with Gasteiger partial charge in [0.15, 0.2) is 11.5 Å². The highest BCUT2D eigenvalue weighted by atomic mass is 16.5. The Labute approximate surface area is 169 Å². The monoisotopic (exact) mass is 395 g/mol. The van der Waals surface area contributed by atoms with Gasteiger partial charge in [0, 0.05) is 18.3 Å². The first-order valence-corrected chi connectivity index (χ1v) is 9.54. The number of aromatic nitrogens is 4. The molecule has 0 unspecified atom stereocenters. The third-order valence-electron chi connectivity index (χ3n) is 5.62. The molecule has 4 rings (SSSR count). The zero-order valence-corrected chi connectivity index (χ0v) is 17.3. The molecule has 29 heavy (non-hydrogen) atoms. The van der Waals surface area contributed by atoms with Gasteiger partial charge in [0.1, 0.15) is 5.69 Å². The van der Waals surface area contributed by atoms with Crippen LogP contribution in [-0.4, -0.2) is 40.1 Å². The van der Waals surface area contributed by atoms with Crippen molar-refractivity contribution in [3.05, 3.63) is 46.4 Å². The number of hydrogen-bond donors (Lipinski definition) is 2. The fourth-order valence-electron chi connectivity index (χ4n) is 4.03. The molecule has 152 valence electrons. The Kier molecular flexibility index (Phi) is 4.77. The fraction of sp³-hybridized carbons (Fsp3) is 0.381. The van der Waals surface area contributed by atoms with Crippen LogP contribution >= 0.6 is 0 Å². The van der Waals surface area contributed by atoms with E-state index in [1.165, 1.54) is 5.56 Å². The summed E-state index contributed by atoms with van der Waals surface area (Å²) < 4.78 is 12.6. The topological polar surface area (TPSA) is 94.1 Å². The van der Waals surface area contributed by atoms with Crippen molar-refractivity contribution in [2.24, 2.45) is 7.05 Å².